The van der Waals surface area contributed by atoms with Crippen molar-refractivity contribution in [2.75, 3.05) is 25.5 Å². The molecule has 2 aromatic carbocycles. The molecule has 0 spiro atoms. The fraction of sp³-hybridized carbons (Fsp3) is 0.233. The van der Waals surface area contributed by atoms with E-state index in [0.717, 1.165) is 63.5 Å². The Balaban J connectivity index is 1.58. The maximum atomic E-state index is 11.8. The van der Waals surface area contributed by atoms with Gasteiger partial charge in [0.25, 0.3) is 0 Å². The third-order valence-corrected chi connectivity index (χ3v) is 6.68. The highest BCUT2D eigenvalue weighted by Gasteiger charge is 2.18. The van der Waals surface area contributed by atoms with Gasteiger partial charge in [-0.25, -0.2) is 9.78 Å². The van der Waals surface area contributed by atoms with Crippen molar-refractivity contribution in [2.45, 2.75) is 26.9 Å². The number of H-pyrrole nitrogens is 1. The largest absolute Gasteiger partial charge is 0.351 e. The van der Waals surface area contributed by atoms with E-state index in [4.69, 9.17) is 10.8 Å². The SMILES string of the molecule is CCN(C(N)=O)c1ccc(-c2nn(CC)cc2-c2ccnc3[nH]c(-c4cccc(CN(C)C)c4)cc23)cc1. The Labute approximate surface area is 222 Å². The molecule has 0 bridgehead atoms. The molecule has 0 radical (unpaired) electrons. The van der Waals surface area contributed by atoms with E-state index in [0.29, 0.717) is 6.54 Å². The first-order valence-corrected chi connectivity index (χ1v) is 12.8. The minimum absolute atomic E-state index is 0.467. The first kappa shape index (κ1) is 25.2. The Hall–Kier alpha value is -4.43. The number of carbonyl (C=O) groups is 1. The number of nitrogens with two attached hydrogens (primary N) is 1. The summed E-state index contributed by atoms with van der Waals surface area (Å²) < 4.78 is 1.95. The molecule has 3 N–H and O–H groups in total. The maximum Gasteiger partial charge on any atom is 0.319 e. The smallest absolute Gasteiger partial charge is 0.319 e. The van der Waals surface area contributed by atoms with Crippen LogP contribution in [0.15, 0.2) is 73.1 Å². The number of aromatic amines is 1. The summed E-state index contributed by atoms with van der Waals surface area (Å²) in [6, 6.07) is 20.1. The second kappa shape index (κ2) is 10.5. The van der Waals surface area contributed by atoms with Crippen LogP contribution < -0.4 is 10.6 Å². The molecule has 8 nitrogen and oxygen atoms in total. The molecule has 3 heterocycles. The lowest BCUT2D eigenvalue weighted by Gasteiger charge is -2.18. The van der Waals surface area contributed by atoms with E-state index in [-0.39, 0.29) is 0 Å². The average Bonchev–Trinajstić information content (AvgIpc) is 3.54. The van der Waals surface area contributed by atoms with Crippen LogP contribution >= 0.6 is 0 Å². The summed E-state index contributed by atoms with van der Waals surface area (Å²) >= 11 is 0. The van der Waals surface area contributed by atoms with Gasteiger partial charge in [-0.3, -0.25) is 9.58 Å². The number of fused-ring (bicyclic) bond motifs is 1. The zero-order valence-electron chi connectivity index (χ0n) is 22.3. The minimum atomic E-state index is -0.467. The van der Waals surface area contributed by atoms with Gasteiger partial charge >= 0.3 is 6.03 Å². The molecule has 5 aromatic rings. The van der Waals surface area contributed by atoms with Crippen LogP contribution in [0.1, 0.15) is 19.4 Å². The van der Waals surface area contributed by atoms with Crippen molar-refractivity contribution < 1.29 is 4.79 Å². The van der Waals surface area contributed by atoms with E-state index in [2.05, 4.69) is 72.4 Å². The predicted octanol–water partition coefficient (Wildman–Crippen LogP) is 5.75. The molecule has 0 saturated carbocycles. The molecule has 0 aliphatic carbocycles. The van der Waals surface area contributed by atoms with Crippen LogP contribution in [0, 0.1) is 0 Å². The molecular weight excluding hydrogens is 474 g/mol. The molecule has 2 amide bonds. The average molecular weight is 508 g/mol. The zero-order chi connectivity index (χ0) is 26.8. The molecule has 0 aliphatic rings. The lowest BCUT2D eigenvalue weighted by atomic mass is 9.99. The standard InChI is InChI=1S/C30H33N7O/c1-5-36-19-26(28(34-36)21-10-12-23(13-11-21)37(6-2)30(31)38)24-14-15-32-29-25(24)17-27(33-29)22-9-7-8-20(16-22)18-35(3)4/h7-17,19H,5-6,18H2,1-4H3,(H2,31,38)(H,32,33). The predicted molar refractivity (Wildman–Crippen MR) is 154 cm³/mol. The van der Waals surface area contributed by atoms with Gasteiger partial charge in [0.15, 0.2) is 0 Å². The second-order valence-corrected chi connectivity index (χ2v) is 9.62. The molecule has 3 aromatic heterocycles. The minimum Gasteiger partial charge on any atom is -0.351 e. The van der Waals surface area contributed by atoms with E-state index in [1.165, 1.54) is 10.5 Å². The van der Waals surface area contributed by atoms with Crippen molar-refractivity contribution in [1.29, 1.82) is 0 Å². The van der Waals surface area contributed by atoms with E-state index in [9.17, 15) is 4.79 Å². The number of anilines is 1. The number of rotatable bonds is 8. The second-order valence-electron chi connectivity index (χ2n) is 9.62. The highest BCUT2D eigenvalue weighted by Crippen LogP contribution is 2.37. The van der Waals surface area contributed by atoms with Crippen LogP contribution in [-0.2, 0) is 13.1 Å². The van der Waals surface area contributed by atoms with Crippen molar-refractivity contribution in [3.8, 4) is 33.6 Å². The number of primary amides is 1. The number of urea groups is 1. The number of benzene rings is 2. The Morgan fingerprint density at radius 3 is 2.47 bits per heavy atom. The van der Waals surface area contributed by atoms with Crippen molar-refractivity contribution in [3.05, 3.63) is 78.6 Å². The number of amides is 2. The van der Waals surface area contributed by atoms with E-state index >= 15 is 0 Å². The summed E-state index contributed by atoms with van der Waals surface area (Å²) in [7, 11) is 4.15. The number of aromatic nitrogens is 4. The molecular formula is C30H33N7O. The first-order chi connectivity index (χ1) is 18.4. The third kappa shape index (κ3) is 4.90. The van der Waals surface area contributed by atoms with Crippen LogP contribution in [0.3, 0.4) is 0 Å². The van der Waals surface area contributed by atoms with E-state index in [1.54, 1.807) is 0 Å². The number of aryl methyl sites for hydroxylation is 1. The molecule has 0 aliphatic heterocycles. The third-order valence-electron chi connectivity index (χ3n) is 6.68. The van der Waals surface area contributed by atoms with Crippen molar-refractivity contribution >= 4 is 22.8 Å². The molecule has 0 unspecified atom stereocenters. The van der Waals surface area contributed by atoms with Gasteiger partial charge in [0.05, 0.1) is 0 Å². The molecule has 0 atom stereocenters. The summed E-state index contributed by atoms with van der Waals surface area (Å²) in [4.78, 5) is 23.6. The highest BCUT2D eigenvalue weighted by molar-refractivity contribution is 5.99. The Morgan fingerprint density at radius 1 is 1.00 bits per heavy atom. The topological polar surface area (TPSA) is 96.1 Å². The fourth-order valence-corrected chi connectivity index (χ4v) is 4.88. The van der Waals surface area contributed by atoms with Gasteiger partial charge in [-0.2, -0.15) is 5.10 Å². The van der Waals surface area contributed by atoms with Crippen molar-refractivity contribution in [2.24, 2.45) is 5.73 Å². The Bertz CT molecular complexity index is 1580. The molecule has 5 rings (SSSR count). The summed E-state index contributed by atoms with van der Waals surface area (Å²) in [5, 5.41) is 5.93. The van der Waals surface area contributed by atoms with E-state index in [1.807, 2.05) is 48.1 Å². The van der Waals surface area contributed by atoms with E-state index < -0.39 is 6.03 Å². The van der Waals surface area contributed by atoms with Gasteiger partial charge in [0.1, 0.15) is 11.3 Å². The summed E-state index contributed by atoms with van der Waals surface area (Å²) in [5.74, 6) is 0. The van der Waals surface area contributed by atoms with Gasteiger partial charge in [-0.05, 0) is 75.0 Å². The molecule has 38 heavy (non-hydrogen) atoms. The van der Waals surface area contributed by atoms with Gasteiger partial charge in [-0.15, -0.1) is 0 Å². The van der Waals surface area contributed by atoms with Crippen LogP contribution in [0.5, 0.6) is 0 Å². The number of nitrogens with one attached hydrogen (secondary N) is 1. The van der Waals surface area contributed by atoms with Crippen LogP contribution in [0.25, 0.3) is 44.7 Å². The highest BCUT2D eigenvalue weighted by atomic mass is 16.2. The lowest BCUT2D eigenvalue weighted by molar-refractivity contribution is 0.254. The van der Waals surface area contributed by atoms with Gasteiger partial charge in [-0.1, -0.05) is 30.3 Å². The molecule has 8 heteroatoms. The molecule has 0 fully saturated rings. The zero-order valence-corrected chi connectivity index (χ0v) is 22.3. The molecule has 0 saturated heterocycles. The van der Waals surface area contributed by atoms with Crippen LogP contribution in [-0.4, -0.2) is 51.3 Å². The summed E-state index contributed by atoms with van der Waals surface area (Å²) in [5.41, 5.74) is 14.5. The monoisotopic (exact) mass is 507 g/mol. The Kier molecular flexibility index (Phi) is 6.98. The number of hydrogen-bond donors (Lipinski definition) is 2. The van der Waals surface area contributed by atoms with Crippen LogP contribution in [0.4, 0.5) is 10.5 Å². The lowest BCUT2D eigenvalue weighted by Crippen LogP contribution is -2.35. The maximum absolute atomic E-state index is 11.8. The number of pyridine rings is 1. The van der Waals surface area contributed by atoms with Gasteiger partial charge in [0, 0.05) is 59.9 Å². The van der Waals surface area contributed by atoms with Crippen molar-refractivity contribution in [3.63, 3.8) is 0 Å². The molecule has 194 valence electrons. The summed E-state index contributed by atoms with van der Waals surface area (Å²) in [6.07, 6.45) is 3.92. The van der Waals surface area contributed by atoms with Gasteiger partial charge < -0.3 is 15.6 Å². The summed E-state index contributed by atoms with van der Waals surface area (Å²) in [6.45, 7) is 6.12. The Morgan fingerprint density at radius 2 is 1.79 bits per heavy atom. The number of carbonyl (C=O) groups excluding carboxylic acids is 1. The normalized spacial score (nSPS) is 11.4. The number of nitrogens with zero attached hydrogens (tertiary/aromatic N) is 5. The van der Waals surface area contributed by atoms with Gasteiger partial charge in [0.2, 0.25) is 0 Å². The van der Waals surface area contributed by atoms with Crippen LogP contribution in [0.2, 0.25) is 0 Å². The number of hydrogen-bond acceptors (Lipinski definition) is 4. The fourth-order valence-electron chi connectivity index (χ4n) is 4.88. The quantitative estimate of drug-likeness (QED) is 0.280. The first-order valence-electron chi connectivity index (χ1n) is 12.8. The van der Waals surface area contributed by atoms with Crippen molar-refractivity contribution in [1.82, 2.24) is 24.6 Å².